The Labute approximate surface area is 186 Å². The van der Waals surface area contributed by atoms with Crippen LogP contribution in [0.1, 0.15) is 24.0 Å². The lowest BCUT2D eigenvalue weighted by Crippen LogP contribution is -2.58. The van der Waals surface area contributed by atoms with Crippen molar-refractivity contribution in [2.75, 3.05) is 0 Å². The van der Waals surface area contributed by atoms with Crippen molar-refractivity contribution in [1.82, 2.24) is 9.97 Å². The van der Waals surface area contributed by atoms with Crippen molar-refractivity contribution in [1.29, 1.82) is 0 Å². The summed E-state index contributed by atoms with van der Waals surface area (Å²) in [5.74, 6) is -6.23. The van der Waals surface area contributed by atoms with E-state index in [1.165, 1.54) is 6.07 Å². The second-order valence-electron chi connectivity index (χ2n) is 8.46. The number of carbonyl (C=O) groups excluding carboxylic acids is 3. The molecule has 1 fully saturated rings. The fourth-order valence-corrected chi connectivity index (χ4v) is 5.27. The highest BCUT2D eigenvalue weighted by Gasteiger charge is 2.60. The largest absolute Gasteiger partial charge is 0.508 e. The van der Waals surface area contributed by atoms with E-state index in [0.717, 1.165) is 0 Å². The summed E-state index contributed by atoms with van der Waals surface area (Å²) in [6.45, 7) is 0. The molecule has 33 heavy (non-hydrogen) atoms. The molecule has 1 saturated carbocycles. The predicted molar refractivity (Wildman–Crippen MR) is 112 cm³/mol. The van der Waals surface area contributed by atoms with Gasteiger partial charge in [-0.15, -0.1) is 0 Å². The van der Waals surface area contributed by atoms with Gasteiger partial charge in [-0.25, -0.2) is 9.97 Å². The Hall–Kier alpha value is -4.05. The van der Waals surface area contributed by atoms with Crippen LogP contribution in [0.4, 0.5) is 0 Å². The molecule has 1 heterocycles. The van der Waals surface area contributed by atoms with Gasteiger partial charge in [-0.3, -0.25) is 14.4 Å². The zero-order valence-electron chi connectivity index (χ0n) is 17.1. The molecule has 0 aliphatic heterocycles. The standard InChI is InChI=1S/C23H19N3O7/c24-21(32)17-14(28)8-10-6-9-7-12-11(22-25-4-1-5-26-22)2-3-13(27)16(12)18(29)15(9)19(30)23(10,33)20(17)31/h1-5,9-10,27,29,31,33H,6-8H2,(H2,24,32)/t9-,10+,23+/m1/s1. The second kappa shape index (κ2) is 6.97. The SMILES string of the molecule is NC(=O)C1=C(O)[C@@]2(O)C(=O)C3=C(O)c4c(O)ccc(-c5ncccn5)c4C[C@H]3C[C@H]2CC1=O. The molecule has 0 saturated heterocycles. The van der Waals surface area contributed by atoms with Crippen LogP contribution >= 0.6 is 0 Å². The number of carbonyl (C=O) groups is 3. The number of Topliss-reactive ketones (excluding diaryl/α,β-unsaturated/α-hetero) is 2. The van der Waals surface area contributed by atoms with Gasteiger partial charge in [-0.05, 0) is 42.5 Å². The van der Waals surface area contributed by atoms with E-state index in [9.17, 15) is 34.8 Å². The number of aliphatic hydroxyl groups is 3. The summed E-state index contributed by atoms with van der Waals surface area (Å²) < 4.78 is 0. The Morgan fingerprint density at radius 3 is 2.45 bits per heavy atom. The number of nitrogens with two attached hydrogens (primary N) is 1. The lowest BCUT2D eigenvalue weighted by molar-refractivity contribution is -0.147. The molecule has 1 aromatic heterocycles. The number of nitrogens with zero attached hydrogens (tertiary/aromatic N) is 2. The van der Waals surface area contributed by atoms with E-state index in [1.807, 2.05) is 0 Å². The lowest BCUT2D eigenvalue weighted by Gasteiger charge is -2.46. The molecule has 3 aliphatic rings. The Kier molecular flexibility index (Phi) is 4.40. The van der Waals surface area contributed by atoms with Gasteiger partial charge in [0.1, 0.15) is 22.8 Å². The zero-order chi connectivity index (χ0) is 23.7. The molecule has 3 aliphatic carbocycles. The molecule has 3 atom stereocenters. The minimum Gasteiger partial charge on any atom is -0.508 e. The Morgan fingerprint density at radius 2 is 1.79 bits per heavy atom. The van der Waals surface area contributed by atoms with Crippen LogP contribution < -0.4 is 5.73 Å². The van der Waals surface area contributed by atoms with E-state index in [-0.39, 0.29) is 36.1 Å². The van der Waals surface area contributed by atoms with Gasteiger partial charge >= 0.3 is 0 Å². The Bertz CT molecular complexity index is 1310. The number of primary amides is 1. The summed E-state index contributed by atoms with van der Waals surface area (Å²) in [5, 5.41) is 43.4. The molecule has 168 valence electrons. The third-order valence-electron chi connectivity index (χ3n) is 6.75. The van der Waals surface area contributed by atoms with Crippen LogP contribution in [-0.2, 0) is 20.8 Å². The highest BCUT2D eigenvalue weighted by molar-refractivity contribution is 6.22. The number of phenols is 1. The monoisotopic (exact) mass is 449 g/mol. The maximum Gasteiger partial charge on any atom is 0.255 e. The number of fused-ring (bicyclic) bond motifs is 3. The molecule has 5 rings (SSSR count). The first-order chi connectivity index (χ1) is 15.7. The van der Waals surface area contributed by atoms with Gasteiger partial charge in [-0.1, -0.05) is 0 Å². The summed E-state index contributed by atoms with van der Waals surface area (Å²) >= 11 is 0. The third-order valence-corrected chi connectivity index (χ3v) is 6.75. The first-order valence-electron chi connectivity index (χ1n) is 10.3. The molecule has 0 radical (unpaired) electrons. The van der Waals surface area contributed by atoms with Crippen LogP contribution in [0.25, 0.3) is 17.1 Å². The summed E-state index contributed by atoms with van der Waals surface area (Å²) in [5.41, 5.74) is 2.68. The highest BCUT2D eigenvalue weighted by Crippen LogP contribution is 2.52. The molecule has 0 unspecified atom stereocenters. The van der Waals surface area contributed by atoms with E-state index in [0.29, 0.717) is 17.0 Å². The average Bonchev–Trinajstić information content (AvgIpc) is 2.76. The average molecular weight is 449 g/mol. The molecule has 1 amide bonds. The molecule has 2 aromatic rings. The molecule has 1 aromatic carbocycles. The number of hydrogen-bond donors (Lipinski definition) is 5. The van der Waals surface area contributed by atoms with E-state index in [2.05, 4.69) is 9.97 Å². The van der Waals surface area contributed by atoms with Crippen LogP contribution in [0.15, 0.2) is 47.5 Å². The highest BCUT2D eigenvalue weighted by atomic mass is 16.3. The number of benzene rings is 1. The Balaban J connectivity index is 1.72. The van der Waals surface area contributed by atoms with E-state index >= 15 is 0 Å². The smallest absolute Gasteiger partial charge is 0.255 e. The van der Waals surface area contributed by atoms with Gasteiger partial charge in [0.25, 0.3) is 5.91 Å². The van der Waals surface area contributed by atoms with Gasteiger partial charge in [-0.2, -0.15) is 0 Å². The van der Waals surface area contributed by atoms with Crippen molar-refractivity contribution >= 4 is 23.2 Å². The normalized spacial score (nSPS) is 26.6. The van der Waals surface area contributed by atoms with E-state index in [4.69, 9.17) is 5.73 Å². The van der Waals surface area contributed by atoms with Crippen molar-refractivity contribution in [3.63, 3.8) is 0 Å². The minimum atomic E-state index is -2.58. The topological polar surface area (TPSA) is 184 Å². The zero-order valence-corrected chi connectivity index (χ0v) is 17.1. The number of phenolic OH excluding ortho intramolecular Hbond substituents is 1. The van der Waals surface area contributed by atoms with Crippen molar-refractivity contribution in [3.8, 4) is 17.1 Å². The first-order valence-corrected chi connectivity index (χ1v) is 10.3. The van der Waals surface area contributed by atoms with Crippen LogP contribution in [0.2, 0.25) is 0 Å². The summed E-state index contributed by atoms with van der Waals surface area (Å²) in [7, 11) is 0. The fourth-order valence-electron chi connectivity index (χ4n) is 5.27. The number of ketones is 2. The van der Waals surface area contributed by atoms with Crippen molar-refractivity contribution in [2.24, 2.45) is 17.6 Å². The molecule has 6 N–H and O–H groups in total. The first kappa shape index (κ1) is 20.8. The van der Waals surface area contributed by atoms with Crippen molar-refractivity contribution < 1.29 is 34.8 Å². The van der Waals surface area contributed by atoms with Crippen LogP contribution in [0.5, 0.6) is 5.75 Å². The fraction of sp³-hybridized carbons (Fsp3) is 0.261. The summed E-state index contributed by atoms with van der Waals surface area (Å²) in [6, 6.07) is 4.60. The van der Waals surface area contributed by atoms with Crippen LogP contribution in [-0.4, -0.2) is 53.5 Å². The Morgan fingerprint density at radius 1 is 1.09 bits per heavy atom. The number of hydrogen-bond acceptors (Lipinski definition) is 9. The second-order valence-corrected chi connectivity index (χ2v) is 8.46. The maximum atomic E-state index is 13.5. The van der Waals surface area contributed by atoms with E-state index in [1.54, 1.807) is 24.5 Å². The number of aromatic hydroxyl groups is 1. The van der Waals surface area contributed by atoms with Gasteiger partial charge in [0, 0.05) is 35.9 Å². The van der Waals surface area contributed by atoms with Crippen molar-refractivity contribution in [2.45, 2.75) is 24.9 Å². The van der Waals surface area contributed by atoms with Gasteiger partial charge in [0.05, 0.1) is 5.56 Å². The van der Waals surface area contributed by atoms with Gasteiger partial charge in [0.15, 0.2) is 17.2 Å². The van der Waals surface area contributed by atoms with Gasteiger partial charge in [0.2, 0.25) is 5.78 Å². The van der Waals surface area contributed by atoms with Crippen LogP contribution in [0, 0.1) is 11.8 Å². The summed E-state index contributed by atoms with van der Waals surface area (Å²) in [6.07, 6.45) is 2.99. The quantitative estimate of drug-likeness (QED) is 0.415. The van der Waals surface area contributed by atoms with E-state index < -0.39 is 52.0 Å². The molecular weight excluding hydrogens is 430 g/mol. The molecule has 0 bridgehead atoms. The molecule has 10 nitrogen and oxygen atoms in total. The lowest BCUT2D eigenvalue weighted by atomic mass is 9.59. The molecule has 10 heteroatoms. The number of aromatic nitrogens is 2. The van der Waals surface area contributed by atoms with Crippen LogP contribution in [0.3, 0.4) is 0 Å². The molecule has 0 spiro atoms. The number of aliphatic hydroxyl groups excluding tert-OH is 2. The predicted octanol–water partition coefficient (Wildman–Crippen LogP) is 0.881. The summed E-state index contributed by atoms with van der Waals surface area (Å²) in [4.78, 5) is 46.0. The van der Waals surface area contributed by atoms with Gasteiger partial charge < -0.3 is 26.2 Å². The van der Waals surface area contributed by atoms with Crippen molar-refractivity contribution in [3.05, 3.63) is 58.6 Å². The number of rotatable bonds is 2. The molecular formula is C23H19N3O7. The minimum absolute atomic E-state index is 0.00656. The maximum absolute atomic E-state index is 13.5. The third kappa shape index (κ3) is 2.74. The number of amides is 1.